The molecule has 144 valence electrons. The van der Waals surface area contributed by atoms with E-state index in [9.17, 15) is 26.7 Å². The van der Waals surface area contributed by atoms with Gasteiger partial charge in [0.05, 0.1) is 0 Å². The second-order valence-corrected chi connectivity index (χ2v) is 6.84. The van der Waals surface area contributed by atoms with Crippen LogP contribution in [-0.4, -0.2) is 47.9 Å². The first-order chi connectivity index (χ1) is 12.2. The summed E-state index contributed by atoms with van der Waals surface area (Å²) in [5, 5.41) is 0. The maximum Gasteiger partial charge on any atom is 0.433 e. The van der Waals surface area contributed by atoms with E-state index >= 15 is 0 Å². The molecule has 1 amide bonds. The summed E-state index contributed by atoms with van der Waals surface area (Å²) in [6.07, 6.45) is -3.00. The van der Waals surface area contributed by atoms with Crippen LogP contribution in [-0.2, 0) is 11.0 Å². The lowest BCUT2D eigenvalue weighted by Crippen LogP contribution is -2.47. The molecule has 3 heterocycles. The lowest BCUT2D eigenvalue weighted by molar-refractivity contribution is -0.142. The van der Waals surface area contributed by atoms with Gasteiger partial charge in [-0.05, 0) is 25.0 Å². The van der Waals surface area contributed by atoms with Gasteiger partial charge in [0.2, 0.25) is 5.91 Å². The van der Waals surface area contributed by atoms with Gasteiger partial charge in [0.15, 0.2) is 0 Å². The van der Waals surface area contributed by atoms with Crippen molar-refractivity contribution in [3.8, 4) is 0 Å². The number of hydrogen-bond acceptors (Lipinski definition) is 3. The van der Waals surface area contributed by atoms with Crippen LogP contribution in [0.3, 0.4) is 0 Å². The molecule has 4 nitrogen and oxygen atoms in total. The number of alkyl halides is 5. The first kappa shape index (κ1) is 18.8. The quantitative estimate of drug-likeness (QED) is 0.740. The van der Waals surface area contributed by atoms with Gasteiger partial charge in [0, 0.05) is 56.8 Å². The maximum absolute atomic E-state index is 13.2. The van der Waals surface area contributed by atoms with E-state index in [1.165, 1.54) is 11.0 Å². The zero-order valence-electron chi connectivity index (χ0n) is 14.1. The number of rotatable bonds is 2. The van der Waals surface area contributed by atoms with Crippen LogP contribution in [0, 0.1) is 5.92 Å². The van der Waals surface area contributed by atoms with Crippen LogP contribution >= 0.6 is 0 Å². The van der Waals surface area contributed by atoms with Gasteiger partial charge >= 0.3 is 6.18 Å². The Labute approximate surface area is 148 Å². The Morgan fingerprint density at radius 3 is 2.31 bits per heavy atom. The van der Waals surface area contributed by atoms with E-state index in [0.29, 0.717) is 31.6 Å². The summed E-state index contributed by atoms with van der Waals surface area (Å²) in [5.74, 6) is -3.08. The van der Waals surface area contributed by atoms with Crippen LogP contribution in [0.5, 0.6) is 0 Å². The van der Waals surface area contributed by atoms with Crippen LogP contribution in [0.4, 0.5) is 27.6 Å². The van der Waals surface area contributed by atoms with Gasteiger partial charge in [-0.3, -0.25) is 9.78 Å². The summed E-state index contributed by atoms with van der Waals surface area (Å²) >= 11 is 0. The minimum atomic E-state index is -4.50. The predicted octanol–water partition coefficient (Wildman–Crippen LogP) is 3.57. The Hall–Kier alpha value is -1.93. The Bertz CT molecular complexity index is 646. The fraction of sp³-hybridized carbons (Fsp3) is 0.647. The number of halogens is 5. The van der Waals surface area contributed by atoms with Crippen molar-refractivity contribution in [2.45, 2.75) is 37.8 Å². The van der Waals surface area contributed by atoms with Crippen molar-refractivity contribution in [2.24, 2.45) is 5.92 Å². The lowest BCUT2D eigenvalue weighted by atomic mass is 9.93. The monoisotopic (exact) mass is 377 g/mol. The van der Waals surface area contributed by atoms with Crippen molar-refractivity contribution < 1.29 is 26.7 Å². The van der Waals surface area contributed by atoms with Gasteiger partial charge in [0.1, 0.15) is 5.69 Å². The number of anilines is 1. The second-order valence-electron chi connectivity index (χ2n) is 6.84. The molecule has 1 aromatic rings. The molecular weight excluding hydrogens is 357 g/mol. The van der Waals surface area contributed by atoms with Gasteiger partial charge in [-0.2, -0.15) is 13.2 Å². The molecule has 1 aromatic heterocycles. The van der Waals surface area contributed by atoms with Crippen molar-refractivity contribution in [1.82, 2.24) is 9.88 Å². The van der Waals surface area contributed by atoms with E-state index in [1.54, 1.807) is 4.90 Å². The van der Waals surface area contributed by atoms with Gasteiger partial charge in [0.25, 0.3) is 5.92 Å². The Kier molecular flexibility index (Phi) is 5.07. The molecule has 9 heteroatoms. The molecule has 0 aliphatic carbocycles. The largest absolute Gasteiger partial charge is 0.433 e. The standard InChI is InChI=1S/C17H20F5N3O/c18-16(19)4-9-25(10-5-16)15(26)12-2-7-24(8-3-12)13-1-6-23-14(11-13)17(20,21)22/h1,6,11-12H,2-5,7-10H2. The smallest absolute Gasteiger partial charge is 0.371 e. The van der Waals surface area contributed by atoms with Crippen LogP contribution in [0.25, 0.3) is 0 Å². The molecular formula is C17H20F5N3O. The average molecular weight is 377 g/mol. The zero-order chi connectivity index (χ0) is 18.9. The van der Waals surface area contributed by atoms with E-state index in [0.717, 1.165) is 12.3 Å². The van der Waals surface area contributed by atoms with Crippen molar-refractivity contribution in [3.05, 3.63) is 24.0 Å². The number of amides is 1. The van der Waals surface area contributed by atoms with Crippen molar-refractivity contribution in [3.63, 3.8) is 0 Å². The normalized spacial score (nSPS) is 21.7. The third-order valence-corrected chi connectivity index (χ3v) is 5.05. The number of piperidine rings is 2. The SMILES string of the molecule is O=C(C1CCN(c2ccnc(C(F)(F)F)c2)CC1)N1CCC(F)(F)CC1. The lowest BCUT2D eigenvalue weighted by Gasteiger charge is -2.38. The van der Waals surface area contributed by atoms with Crippen molar-refractivity contribution in [1.29, 1.82) is 0 Å². The molecule has 0 aromatic carbocycles. The minimum absolute atomic E-state index is 0.0609. The highest BCUT2D eigenvalue weighted by Crippen LogP contribution is 2.32. The molecule has 26 heavy (non-hydrogen) atoms. The number of nitrogens with zero attached hydrogens (tertiary/aromatic N) is 3. The molecule has 2 aliphatic heterocycles. The van der Waals surface area contributed by atoms with Crippen LogP contribution < -0.4 is 4.90 Å². The van der Waals surface area contributed by atoms with Gasteiger partial charge in [-0.1, -0.05) is 0 Å². The summed E-state index contributed by atoms with van der Waals surface area (Å²) in [6.45, 7) is 1.01. The molecule has 0 saturated carbocycles. The number of carbonyl (C=O) groups is 1. The summed E-state index contributed by atoms with van der Waals surface area (Å²) < 4.78 is 64.8. The number of carbonyl (C=O) groups excluding carboxylic acids is 1. The topological polar surface area (TPSA) is 36.4 Å². The molecule has 0 radical (unpaired) electrons. The second kappa shape index (κ2) is 7.00. The first-order valence-electron chi connectivity index (χ1n) is 8.60. The number of pyridine rings is 1. The molecule has 0 bridgehead atoms. The Morgan fingerprint density at radius 2 is 1.73 bits per heavy atom. The molecule has 0 N–H and O–H groups in total. The third-order valence-electron chi connectivity index (χ3n) is 5.05. The third kappa shape index (κ3) is 4.24. The van der Waals surface area contributed by atoms with Gasteiger partial charge in [-0.15, -0.1) is 0 Å². The van der Waals surface area contributed by atoms with Gasteiger partial charge in [-0.25, -0.2) is 8.78 Å². The van der Waals surface area contributed by atoms with Gasteiger partial charge < -0.3 is 9.80 Å². The summed E-state index contributed by atoms with van der Waals surface area (Å²) in [4.78, 5) is 19.1. The Morgan fingerprint density at radius 1 is 1.12 bits per heavy atom. The van der Waals surface area contributed by atoms with Crippen molar-refractivity contribution in [2.75, 3.05) is 31.1 Å². The average Bonchev–Trinajstić information content (AvgIpc) is 2.61. The molecule has 2 saturated heterocycles. The highest BCUT2D eigenvalue weighted by Gasteiger charge is 2.38. The van der Waals surface area contributed by atoms with E-state index in [-0.39, 0.29) is 37.8 Å². The van der Waals surface area contributed by atoms with Crippen LogP contribution in [0.15, 0.2) is 18.3 Å². The van der Waals surface area contributed by atoms with Crippen LogP contribution in [0.2, 0.25) is 0 Å². The predicted molar refractivity (Wildman–Crippen MR) is 84.9 cm³/mol. The zero-order valence-corrected chi connectivity index (χ0v) is 14.1. The van der Waals surface area contributed by atoms with Crippen molar-refractivity contribution >= 4 is 11.6 Å². The molecule has 3 rings (SSSR count). The molecule has 2 aliphatic rings. The fourth-order valence-electron chi connectivity index (χ4n) is 3.47. The highest BCUT2D eigenvalue weighted by atomic mass is 19.4. The van der Waals surface area contributed by atoms with E-state index in [4.69, 9.17) is 0 Å². The summed E-state index contributed by atoms with van der Waals surface area (Å²) in [6, 6.07) is 2.53. The molecule has 0 atom stereocenters. The fourth-order valence-corrected chi connectivity index (χ4v) is 3.47. The highest BCUT2D eigenvalue weighted by molar-refractivity contribution is 5.79. The summed E-state index contributed by atoms with van der Waals surface area (Å²) in [7, 11) is 0. The maximum atomic E-state index is 13.2. The minimum Gasteiger partial charge on any atom is -0.371 e. The Balaban J connectivity index is 1.57. The molecule has 0 unspecified atom stereocenters. The van der Waals surface area contributed by atoms with E-state index in [2.05, 4.69) is 4.98 Å². The van der Waals surface area contributed by atoms with E-state index in [1.807, 2.05) is 0 Å². The molecule has 0 spiro atoms. The van der Waals surface area contributed by atoms with Crippen LogP contribution in [0.1, 0.15) is 31.4 Å². The number of hydrogen-bond donors (Lipinski definition) is 0. The summed E-state index contributed by atoms with van der Waals surface area (Å²) in [5.41, 5.74) is -0.515. The first-order valence-corrected chi connectivity index (χ1v) is 8.60. The molecule has 2 fully saturated rings. The van der Waals surface area contributed by atoms with E-state index < -0.39 is 17.8 Å². The number of aromatic nitrogens is 1. The number of likely N-dealkylation sites (tertiary alicyclic amines) is 1.